The highest BCUT2D eigenvalue weighted by atomic mass is 14.6. The van der Waals surface area contributed by atoms with Crippen LogP contribution in [0.15, 0.2) is 0 Å². The van der Waals surface area contributed by atoms with E-state index in [-0.39, 0.29) is 0 Å². The molecule has 3 unspecified atom stereocenters. The van der Waals surface area contributed by atoms with Crippen molar-refractivity contribution in [2.75, 3.05) is 0 Å². The summed E-state index contributed by atoms with van der Waals surface area (Å²) >= 11 is 0. The third-order valence-corrected chi connectivity index (χ3v) is 4.18. The number of fused-ring (bicyclic) bond motifs is 2. The van der Waals surface area contributed by atoms with Crippen molar-refractivity contribution in [2.24, 2.45) is 23.2 Å². The molecule has 3 atom stereocenters. The van der Waals surface area contributed by atoms with E-state index in [9.17, 15) is 0 Å². The molecule has 2 rings (SSSR count). The van der Waals surface area contributed by atoms with Crippen LogP contribution in [-0.4, -0.2) is 0 Å². The average Bonchev–Trinajstić information content (AvgIpc) is 2.20. The lowest BCUT2D eigenvalue weighted by Crippen LogP contribution is -2.18. The summed E-state index contributed by atoms with van der Waals surface area (Å²) in [5, 5.41) is 0. The molecular weight excluding hydrogens is 120 g/mol. The van der Waals surface area contributed by atoms with Gasteiger partial charge in [-0.2, -0.15) is 0 Å². The van der Waals surface area contributed by atoms with Gasteiger partial charge in [0.25, 0.3) is 0 Å². The molecule has 2 aliphatic carbocycles. The quantitative estimate of drug-likeness (QED) is 0.482. The first-order chi connectivity index (χ1) is 4.62. The van der Waals surface area contributed by atoms with Gasteiger partial charge >= 0.3 is 0 Å². The molecule has 0 spiro atoms. The highest BCUT2D eigenvalue weighted by Crippen LogP contribution is 2.59. The Morgan fingerprint density at radius 2 is 1.90 bits per heavy atom. The first-order valence-corrected chi connectivity index (χ1v) is 4.62. The first kappa shape index (κ1) is 6.69. The molecule has 0 heteroatoms. The summed E-state index contributed by atoms with van der Waals surface area (Å²) in [6.07, 6.45) is 4.54. The van der Waals surface area contributed by atoms with Crippen LogP contribution in [0.1, 0.15) is 40.0 Å². The number of hydrogen-bond donors (Lipinski definition) is 0. The second-order valence-corrected chi connectivity index (χ2v) is 4.92. The van der Waals surface area contributed by atoms with Crippen molar-refractivity contribution in [3.63, 3.8) is 0 Å². The van der Waals surface area contributed by atoms with Crippen LogP contribution in [-0.2, 0) is 0 Å². The minimum Gasteiger partial charge on any atom is -0.0622 e. The Balaban J connectivity index is 2.27. The second-order valence-electron chi connectivity index (χ2n) is 4.92. The summed E-state index contributed by atoms with van der Waals surface area (Å²) in [5.74, 6) is 3.14. The molecule has 0 heterocycles. The maximum absolute atomic E-state index is 2.47. The molecule has 0 amide bonds. The van der Waals surface area contributed by atoms with Crippen LogP contribution < -0.4 is 0 Å². The molecule has 0 saturated heterocycles. The summed E-state index contributed by atoms with van der Waals surface area (Å²) in [6.45, 7) is 7.38. The highest BCUT2D eigenvalue weighted by Gasteiger charge is 2.51. The normalized spacial score (nSPS) is 50.1. The molecule has 58 valence electrons. The van der Waals surface area contributed by atoms with Crippen LogP contribution in [0.2, 0.25) is 0 Å². The fourth-order valence-corrected chi connectivity index (χ4v) is 3.48. The second kappa shape index (κ2) is 1.78. The van der Waals surface area contributed by atoms with Crippen molar-refractivity contribution >= 4 is 0 Å². The minimum absolute atomic E-state index is 0.694. The predicted octanol–water partition coefficient (Wildman–Crippen LogP) is 3.08. The topological polar surface area (TPSA) is 0 Å². The molecule has 2 bridgehead atoms. The van der Waals surface area contributed by atoms with Crippen LogP contribution in [0.4, 0.5) is 0 Å². The SMILES string of the molecule is CC1CC2CCC1C2(C)C. The largest absolute Gasteiger partial charge is 0.0622 e. The van der Waals surface area contributed by atoms with E-state index in [0.29, 0.717) is 5.41 Å². The third kappa shape index (κ3) is 0.627. The van der Waals surface area contributed by atoms with Gasteiger partial charge < -0.3 is 0 Å². The highest BCUT2D eigenvalue weighted by molar-refractivity contribution is 5.00. The molecule has 0 aromatic rings. The summed E-state index contributed by atoms with van der Waals surface area (Å²) in [7, 11) is 0. The first-order valence-electron chi connectivity index (χ1n) is 4.62. The van der Waals surface area contributed by atoms with Gasteiger partial charge in [0, 0.05) is 0 Å². The summed E-state index contributed by atoms with van der Waals surface area (Å²) in [5.41, 5.74) is 0.694. The zero-order valence-corrected chi connectivity index (χ0v) is 7.35. The fraction of sp³-hybridized carbons (Fsp3) is 1.00. The van der Waals surface area contributed by atoms with Crippen molar-refractivity contribution in [3.05, 3.63) is 0 Å². The van der Waals surface area contributed by atoms with E-state index in [4.69, 9.17) is 0 Å². The van der Waals surface area contributed by atoms with E-state index >= 15 is 0 Å². The smallest absolute Gasteiger partial charge is 0.0295 e. The molecule has 0 N–H and O–H groups in total. The van der Waals surface area contributed by atoms with E-state index in [2.05, 4.69) is 20.8 Å². The third-order valence-electron chi connectivity index (χ3n) is 4.18. The average molecular weight is 138 g/mol. The molecule has 0 aromatic heterocycles. The van der Waals surface area contributed by atoms with Crippen molar-refractivity contribution < 1.29 is 0 Å². The lowest BCUT2D eigenvalue weighted by molar-refractivity contribution is 0.241. The van der Waals surface area contributed by atoms with E-state index in [1.165, 1.54) is 19.3 Å². The number of rotatable bonds is 0. The number of hydrogen-bond acceptors (Lipinski definition) is 0. The lowest BCUT2D eigenvalue weighted by atomic mass is 9.80. The zero-order valence-electron chi connectivity index (χ0n) is 7.35. The van der Waals surface area contributed by atoms with Gasteiger partial charge in [0.05, 0.1) is 0 Å². The van der Waals surface area contributed by atoms with Gasteiger partial charge in [-0.1, -0.05) is 20.8 Å². The summed E-state index contributed by atoms with van der Waals surface area (Å²) in [6, 6.07) is 0. The van der Waals surface area contributed by atoms with Gasteiger partial charge in [0.1, 0.15) is 0 Å². The zero-order chi connectivity index (χ0) is 7.35. The maximum atomic E-state index is 2.47. The van der Waals surface area contributed by atoms with Crippen molar-refractivity contribution in [3.8, 4) is 0 Å². The van der Waals surface area contributed by atoms with Gasteiger partial charge in [0.2, 0.25) is 0 Å². The minimum atomic E-state index is 0.694. The molecule has 2 fully saturated rings. The van der Waals surface area contributed by atoms with Gasteiger partial charge in [-0.05, 0) is 42.4 Å². The van der Waals surface area contributed by atoms with Crippen LogP contribution in [0, 0.1) is 23.2 Å². The molecular formula is C10H18. The molecule has 2 aliphatic rings. The van der Waals surface area contributed by atoms with Crippen LogP contribution >= 0.6 is 0 Å². The van der Waals surface area contributed by atoms with Gasteiger partial charge in [-0.25, -0.2) is 0 Å². The van der Waals surface area contributed by atoms with Crippen LogP contribution in [0.25, 0.3) is 0 Å². The van der Waals surface area contributed by atoms with Gasteiger partial charge in [0.15, 0.2) is 0 Å². The summed E-state index contributed by atoms with van der Waals surface area (Å²) < 4.78 is 0. The van der Waals surface area contributed by atoms with E-state index in [0.717, 1.165) is 17.8 Å². The Labute approximate surface area is 64.0 Å². The Kier molecular flexibility index (Phi) is 1.19. The summed E-state index contributed by atoms with van der Waals surface area (Å²) in [4.78, 5) is 0. The van der Waals surface area contributed by atoms with E-state index in [1.54, 1.807) is 0 Å². The Hall–Kier alpha value is 0. The van der Waals surface area contributed by atoms with Crippen molar-refractivity contribution in [1.82, 2.24) is 0 Å². The molecule has 2 saturated carbocycles. The molecule has 0 nitrogen and oxygen atoms in total. The molecule has 0 aliphatic heterocycles. The van der Waals surface area contributed by atoms with Gasteiger partial charge in [-0.3, -0.25) is 0 Å². The molecule has 0 aromatic carbocycles. The maximum Gasteiger partial charge on any atom is -0.0295 e. The monoisotopic (exact) mass is 138 g/mol. The van der Waals surface area contributed by atoms with E-state index < -0.39 is 0 Å². The van der Waals surface area contributed by atoms with Crippen molar-refractivity contribution in [1.29, 1.82) is 0 Å². The fourth-order valence-electron chi connectivity index (χ4n) is 3.48. The Bertz CT molecular complexity index is 146. The van der Waals surface area contributed by atoms with Crippen LogP contribution in [0.3, 0.4) is 0 Å². The van der Waals surface area contributed by atoms with Crippen molar-refractivity contribution in [2.45, 2.75) is 40.0 Å². The van der Waals surface area contributed by atoms with E-state index in [1.807, 2.05) is 0 Å². The van der Waals surface area contributed by atoms with Crippen LogP contribution in [0.5, 0.6) is 0 Å². The lowest BCUT2D eigenvalue weighted by Gasteiger charge is -2.24. The molecule has 10 heavy (non-hydrogen) atoms. The Morgan fingerprint density at radius 3 is 2.10 bits per heavy atom. The predicted molar refractivity (Wildman–Crippen MR) is 43.8 cm³/mol. The Morgan fingerprint density at radius 1 is 1.20 bits per heavy atom. The standard InChI is InChI=1S/C10H18/c1-7-6-8-4-5-9(7)10(8,2)3/h7-9H,4-6H2,1-3H3. The molecule has 0 radical (unpaired) electrons. The van der Waals surface area contributed by atoms with Gasteiger partial charge in [-0.15, -0.1) is 0 Å².